The van der Waals surface area contributed by atoms with Gasteiger partial charge in [-0.2, -0.15) is 0 Å². The molecule has 49 heavy (non-hydrogen) atoms. The van der Waals surface area contributed by atoms with Crippen molar-refractivity contribution in [2.24, 2.45) is 5.92 Å². The fourth-order valence-electron chi connectivity index (χ4n) is 8.92. The van der Waals surface area contributed by atoms with Crippen LogP contribution in [-0.2, 0) is 19.9 Å². The van der Waals surface area contributed by atoms with Crippen molar-refractivity contribution in [1.82, 2.24) is 5.32 Å². The van der Waals surface area contributed by atoms with Gasteiger partial charge in [-0.05, 0) is 109 Å². The van der Waals surface area contributed by atoms with Crippen LogP contribution >= 0.6 is 0 Å². The molecular formula is C39H54N4O5Si. The van der Waals surface area contributed by atoms with E-state index in [2.05, 4.69) is 55.3 Å². The Morgan fingerprint density at radius 2 is 1.73 bits per heavy atom. The maximum atomic E-state index is 14.8. The molecule has 3 saturated heterocycles. The van der Waals surface area contributed by atoms with Gasteiger partial charge in [-0.3, -0.25) is 14.5 Å². The van der Waals surface area contributed by atoms with Gasteiger partial charge in [-0.1, -0.05) is 48.4 Å². The third kappa shape index (κ3) is 6.20. The Balaban J connectivity index is 1.43. The summed E-state index contributed by atoms with van der Waals surface area (Å²) in [6.45, 7) is 14.4. The monoisotopic (exact) mass is 686 g/mol. The molecule has 6 rings (SSSR count). The predicted octanol–water partition coefficient (Wildman–Crippen LogP) is 5.84. The van der Waals surface area contributed by atoms with E-state index in [1.165, 1.54) is 11.1 Å². The zero-order valence-corrected chi connectivity index (χ0v) is 31.0. The molecule has 0 unspecified atom stereocenters. The Morgan fingerprint density at radius 3 is 2.39 bits per heavy atom. The van der Waals surface area contributed by atoms with Gasteiger partial charge >= 0.3 is 0 Å². The van der Waals surface area contributed by atoms with E-state index in [4.69, 9.17) is 4.74 Å². The van der Waals surface area contributed by atoms with E-state index in [1.807, 2.05) is 66.2 Å². The maximum absolute atomic E-state index is 14.8. The number of amides is 2. The number of carbonyl (C=O) groups excluding carboxylic acids is 2. The van der Waals surface area contributed by atoms with E-state index in [9.17, 15) is 19.5 Å². The third-order valence-corrected chi connectivity index (χ3v) is 13.9. The molecule has 2 aromatic carbocycles. The van der Waals surface area contributed by atoms with Crippen LogP contribution in [0.25, 0.3) is 0 Å². The van der Waals surface area contributed by atoms with Crippen molar-refractivity contribution in [1.29, 1.82) is 0 Å². The summed E-state index contributed by atoms with van der Waals surface area (Å²) in [4.78, 5) is 46.9. The Labute approximate surface area is 292 Å². The molecule has 0 bridgehead atoms. The fraction of sp³-hybridized carbons (Fsp3) is 0.538. The molecule has 3 N–H and O–H groups in total. The number of aliphatic hydroxyl groups is 1. The number of nitrogens with zero attached hydrogens (tertiary/aromatic N) is 3. The Kier molecular flexibility index (Phi) is 10.0. The predicted molar refractivity (Wildman–Crippen MR) is 198 cm³/mol. The van der Waals surface area contributed by atoms with Gasteiger partial charge in [-0.25, -0.2) is 0 Å². The minimum absolute atomic E-state index is 0.0725. The number of anilines is 3. The van der Waals surface area contributed by atoms with Crippen molar-refractivity contribution < 1.29 is 24.2 Å². The van der Waals surface area contributed by atoms with Gasteiger partial charge in [0.15, 0.2) is 13.9 Å². The van der Waals surface area contributed by atoms with Gasteiger partial charge < -0.3 is 29.8 Å². The highest BCUT2D eigenvalue weighted by atomic mass is 28.4. The van der Waals surface area contributed by atoms with Crippen LogP contribution in [0, 0.1) is 5.92 Å². The Morgan fingerprint density at radius 1 is 1.02 bits per heavy atom. The molecule has 0 aliphatic carbocycles. The quantitative estimate of drug-likeness (QED) is 0.213. The zero-order chi connectivity index (χ0) is 35.1. The first kappa shape index (κ1) is 35.5. The molecule has 0 radical (unpaired) electrons. The van der Waals surface area contributed by atoms with Crippen molar-refractivity contribution in [3.63, 3.8) is 0 Å². The van der Waals surface area contributed by atoms with E-state index >= 15 is 0 Å². The molecule has 0 saturated carbocycles. The summed E-state index contributed by atoms with van der Waals surface area (Å²) in [6, 6.07) is 16.1. The minimum Gasteiger partial charge on any atom is -0.432 e. The molecule has 4 aliphatic rings. The molecule has 9 nitrogen and oxygen atoms in total. The third-order valence-electron chi connectivity index (χ3n) is 11.3. The van der Waals surface area contributed by atoms with Gasteiger partial charge in [0.2, 0.25) is 0 Å². The summed E-state index contributed by atoms with van der Waals surface area (Å²) in [5.74, 6) is -0.406. The van der Waals surface area contributed by atoms with Gasteiger partial charge in [0.1, 0.15) is 5.54 Å². The van der Waals surface area contributed by atoms with Gasteiger partial charge in [0.05, 0.1) is 18.5 Å². The lowest BCUT2D eigenvalue weighted by molar-refractivity contribution is -0.146. The Hall–Kier alpha value is -3.28. The second-order valence-electron chi connectivity index (χ2n) is 15.3. The van der Waals surface area contributed by atoms with Gasteiger partial charge in [0.25, 0.3) is 11.8 Å². The number of rotatable bonds is 10. The smallest absolute Gasteiger partial charge is 0.264 e. The lowest BCUT2D eigenvalue weighted by atomic mass is 9.82. The Bertz CT molecular complexity index is 1610. The molecule has 0 aromatic heterocycles. The number of benzene rings is 2. The molecule has 4 heterocycles. The highest BCUT2D eigenvalue weighted by Gasteiger charge is 2.66. The largest absolute Gasteiger partial charge is 0.432 e. The van der Waals surface area contributed by atoms with E-state index in [1.54, 1.807) is 0 Å². The van der Waals surface area contributed by atoms with Crippen LogP contribution < -0.4 is 20.0 Å². The van der Waals surface area contributed by atoms with Crippen LogP contribution in [0.4, 0.5) is 17.1 Å². The zero-order valence-electron chi connectivity index (χ0n) is 30.0. The summed E-state index contributed by atoms with van der Waals surface area (Å²) in [5, 5.41) is 13.5. The number of nitrogens with one attached hydrogen (secondary N) is 1. The first-order valence-corrected chi connectivity index (χ1v) is 21.0. The maximum Gasteiger partial charge on any atom is 0.264 e. The van der Waals surface area contributed by atoms with Crippen LogP contribution in [-0.4, -0.2) is 74.6 Å². The number of hydrogen-bond acceptors (Lipinski definition) is 7. The van der Waals surface area contributed by atoms with Gasteiger partial charge in [0, 0.05) is 41.5 Å². The summed E-state index contributed by atoms with van der Waals surface area (Å²) in [6.07, 6.45) is 7.51. The lowest BCUT2D eigenvalue weighted by Gasteiger charge is -2.39. The van der Waals surface area contributed by atoms with Crippen LogP contribution in [0.3, 0.4) is 0 Å². The SMILES string of the molecule is CC(C)=CCC/C(C)=C/CN1C(=O)[C@]2(O[C@H](CCO)[C@@H]([Si](C)(C)O)[C@@H]2C)c2cc(N3CN(c4ccccc4)C4(CCNCC4)C3=O)ccc21. The lowest BCUT2D eigenvalue weighted by Crippen LogP contribution is -2.55. The minimum atomic E-state index is -2.84. The molecule has 2 aromatic rings. The normalized spacial score (nSPS) is 26.7. The molecule has 2 amide bonds. The fourth-order valence-corrected chi connectivity index (χ4v) is 11.5. The molecule has 4 aliphatic heterocycles. The molecular weight excluding hydrogens is 633 g/mol. The molecule has 2 spiro atoms. The van der Waals surface area contributed by atoms with Crippen molar-refractivity contribution in [3.8, 4) is 0 Å². The number of aliphatic hydroxyl groups excluding tert-OH is 1. The second-order valence-corrected chi connectivity index (χ2v) is 19.3. The number of fused-ring (bicyclic) bond motifs is 2. The summed E-state index contributed by atoms with van der Waals surface area (Å²) >= 11 is 0. The first-order chi connectivity index (χ1) is 23.3. The van der Waals surface area contributed by atoms with E-state index < -0.39 is 25.6 Å². The van der Waals surface area contributed by atoms with Crippen molar-refractivity contribution in [2.45, 2.75) is 95.7 Å². The number of ether oxygens (including phenoxy) is 1. The van der Waals surface area contributed by atoms with Crippen molar-refractivity contribution in [3.05, 3.63) is 77.4 Å². The van der Waals surface area contributed by atoms with E-state index in [0.29, 0.717) is 32.5 Å². The second kappa shape index (κ2) is 13.8. The number of para-hydroxylation sites is 1. The summed E-state index contributed by atoms with van der Waals surface area (Å²) in [7, 11) is -2.84. The molecule has 10 heteroatoms. The van der Waals surface area contributed by atoms with Crippen molar-refractivity contribution in [2.75, 3.05) is 47.6 Å². The molecule has 264 valence electrons. The molecule has 3 fully saturated rings. The highest BCUT2D eigenvalue weighted by molar-refractivity contribution is 6.71. The van der Waals surface area contributed by atoms with E-state index in [0.717, 1.165) is 48.6 Å². The topological polar surface area (TPSA) is 106 Å². The standard InChI is InChI=1S/C39H54N4O5Si/c1-27(2)11-10-12-28(3)17-23-41-33-16-15-31(25-32(33)39(37(41)46)29(4)35(49(5,6)47)34(48-39)18-24-44)42-26-43(30-13-8-7-9-14-30)38(36(42)45)19-21-40-22-20-38/h7-9,11,13-17,25,29,34-35,40,44,47H,10,12,18-24,26H2,1-6H3/b28-17+/t29-,34+,35-,39+/m0/s1. The first-order valence-electron chi connectivity index (χ1n) is 18.0. The van der Waals surface area contributed by atoms with Gasteiger partial charge in [-0.15, -0.1) is 0 Å². The average molecular weight is 687 g/mol. The summed E-state index contributed by atoms with van der Waals surface area (Å²) < 4.78 is 6.89. The number of carbonyl (C=O) groups is 2. The van der Waals surface area contributed by atoms with Crippen LogP contribution in [0.5, 0.6) is 0 Å². The highest BCUT2D eigenvalue weighted by Crippen LogP contribution is 2.60. The van der Waals surface area contributed by atoms with Crippen molar-refractivity contribution >= 4 is 37.2 Å². The van der Waals surface area contributed by atoms with Crippen LogP contribution in [0.2, 0.25) is 18.6 Å². The average Bonchev–Trinajstić information content (AvgIpc) is 3.61. The van der Waals surface area contributed by atoms with E-state index in [-0.39, 0.29) is 29.9 Å². The number of hydrogen-bond donors (Lipinski definition) is 3. The van der Waals surface area contributed by atoms with Crippen LogP contribution in [0.15, 0.2) is 71.8 Å². The summed E-state index contributed by atoms with van der Waals surface area (Å²) in [5.41, 5.74) is 3.52. The van der Waals surface area contributed by atoms with Crippen LogP contribution in [0.1, 0.15) is 65.4 Å². The number of piperidine rings is 1. The molecule has 4 atom stereocenters. The number of allylic oxidation sites excluding steroid dienone is 3.